The monoisotopic (exact) mass is 354 g/mol. The Balaban J connectivity index is 1.97. The van der Waals surface area contributed by atoms with E-state index in [0.29, 0.717) is 19.1 Å². The minimum Gasteiger partial charge on any atom is -0.383 e. The zero-order chi connectivity index (χ0) is 17.4. The van der Waals surface area contributed by atoms with Gasteiger partial charge in [-0.05, 0) is 30.7 Å². The molecule has 0 spiro atoms. The molecule has 0 N–H and O–H groups in total. The highest BCUT2D eigenvalue weighted by atomic mass is 32.1. The Morgan fingerprint density at radius 1 is 1.32 bits per heavy atom. The number of hydrogen-bond donors (Lipinski definition) is 0. The lowest BCUT2D eigenvalue weighted by atomic mass is 9.89. The lowest BCUT2D eigenvalue weighted by Crippen LogP contribution is -2.26. The van der Waals surface area contributed by atoms with Gasteiger partial charge in [0.05, 0.1) is 18.5 Å². The fourth-order valence-electron chi connectivity index (χ4n) is 3.62. The molecule has 0 amide bonds. The van der Waals surface area contributed by atoms with Crippen molar-refractivity contribution in [2.75, 3.05) is 13.7 Å². The number of ether oxygens (including phenoxy) is 1. The number of rotatable bonds is 4. The van der Waals surface area contributed by atoms with Crippen LogP contribution in [-0.4, -0.2) is 23.3 Å². The van der Waals surface area contributed by atoms with Gasteiger partial charge < -0.3 is 4.74 Å². The van der Waals surface area contributed by atoms with Gasteiger partial charge in [0.25, 0.3) is 5.56 Å². The van der Waals surface area contributed by atoms with Crippen LogP contribution < -0.4 is 5.56 Å². The van der Waals surface area contributed by atoms with Crippen molar-refractivity contribution in [2.24, 2.45) is 5.92 Å². The summed E-state index contributed by atoms with van der Waals surface area (Å²) in [6.45, 7) is 3.30. The third-order valence-corrected chi connectivity index (χ3v) is 6.11. The summed E-state index contributed by atoms with van der Waals surface area (Å²) in [6.07, 6.45) is 3.20. The van der Waals surface area contributed by atoms with Crippen molar-refractivity contribution in [3.8, 4) is 11.4 Å². The first-order valence-electron chi connectivity index (χ1n) is 8.78. The first-order chi connectivity index (χ1) is 12.2. The normalized spacial score (nSPS) is 17.0. The smallest absolute Gasteiger partial charge is 0.262 e. The van der Waals surface area contributed by atoms with E-state index in [-0.39, 0.29) is 5.56 Å². The van der Waals surface area contributed by atoms with Crippen molar-refractivity contribution in [1.82, 2.24) is 9.55 Å². The summed E-state index contributed by atoms with van der Waals surface area (Å²) in [5.74, 6) is 1.42. The van der Waals surface area contributed by atoms with Crippen LogP contribution in [0.1, 0.15) is 23.8 Å². The third-order valence-electron chi connectivity index (χ3n) is 4.97. The Hall–Kier alpha value is -1.98. The summed E-state index contributed by atoms with van der Waals surface area (Å²) in [4.78, 5) is 20.5. The van der Waals surface area contributed by atoms with E-state index in [1.807, 2.05) is 30.3 Å². The number of methoxy groups -OCH3 is 1. The molecule has 0 bridgehead atoms. The van der Waals surface area contributed by atoms with E-state index in [9.17, 15) is 4.79 Å². The van der Waals surface area contributed by atoms with E-state index in [0.717, 1.165) is 40.9 Å². The van der Waals surface area contributed by atoms with E-state index in [1.165, 1.54) is 10.4 Å². The van der Waals surface area contributed by atoms with Gasteiger partial charge >= 0.3 is 0 Å². The van der Waals surface area contributed by atoms with Crippen molar-refractivity contribution in [3.05, 3.63) is 51.1 Å². The Morgan fingerprint density at radius 2 is 2.12 bits per heavy atom. The van der Waals surface area contributed by atoms with Crippen molar-refractivity contribution < 1.29 is 4.74 Å². The van der Waals surface area contributed by atoms with E-state index in [2.05, 4.69) is 6.92 Å². The number of benzene rings is 1. The molecule has 1 unspecified atom stereocenters. The first-order valence-corrected chi connectivity index (χ1v) is 9.60. The molecule has 2 heterocycles. The first kappa shape index (κ1) is 16.5. The predicted molar refractivity (Wildman–Crippen MR) is 102 cm³/mol. The summed E-state index contributed by atoms with van der Waals surface area (Å²) in [6, 6.07) is 9.95. The van der Waals surface area contributed by atoms with E-state index < -0.39 is 0 Å². The molecule has 25 heavy (non-hydrogen) atoms. The molecule has 5 heteroatoms. The van der Waals surface area contributed by atoms with Gasteiger partial charge in [-0.2, -0.15) is 0 Å². The molecule has 0 fully saturated rings. The molecule has 3 aromatic rings. The van der Waals surface area contributed by atoms with Gasteiger partial charge in [0.1, 0.15) is 10.7 Å². The van der Waals surface area contributed by atoms with Gasteiger partial charge in [0, 0.05) is 17.6 Å². The summed E-state index contributed by atoms with van der Waals surface area (Å²) in [7, 11) is 1.66. The van der Waals surface area contributed by atoms with Crippen LogP contribution in [0, 0.1) is 5.92 Å². The van der Waals surface area contributed by atoms with E-state index in [4.69, 9.17) is 9.72 Å². The average Bonchev–Trinajstić information content (AvgIpc) is 2.99. The molecule has 1 aliphatic rings. The number of aromatic nitrogens is 2. The summed E-state index contributed by atoms with van der Waals surface area (Å²) >= 11 is 1.70. The van der Waals surface area contributed by atoms with Crippen LogP contribution in [-0.2, 0) is 24.1 Å². The van der Waals surface area contributed by atoms with Gasteiger partial charge in [-0.25, -0.2) is 4.98 Å². The second kappa shape index (κ2) is 6.73. The Bertz CT molecular complexity index is 959. The predicted octanol–water partition coefficient (Wildman–Crippen LogP) is 3.90. The minimum absolute atomic E-state index is 0.0768. The van der Waals surface area contributed by atoms with Crippen LogP contribution in [0.5, 0.6) is 0 Å². The van der Waals surface area contributed by atoms with Gasteiger partial charge in [-0.3, -0.25) is 9.36 Å². The van der Waals surface area contributed by atoms with Crippen molar-refractivity contribution in [2.45, 2.75) is 32.7 Å². The molecular formula is C20H22N2O2S. The molecule has 4 nitrogen and oxygen atoms in total. The molecule has 0 saturated carbocycles. The standard InChI is InChI=1S/C20H22N2O2S/c1-13-8-9-15-16(12-13)25-19-17(15)20(23)22(10-11-24-2)18(21-19)14-6-4-3-5-7-14/h3-7,13H,8-12H2,1-2H3. The van der Waals surface area contributed by atoms with E-state index in [1.54, 1.807) is 23.0 Å². The molecule has 1 aromatic carbocycles. The number of thiophene rings is 1. The van der Waals surface area contributed by atoms with Gasteiger partial charge in [-0.15, -0.1) is 11.3 Å². The topological polar surface area (TPSA) is 44.1 Å². The number of hydrogen-bond acceptors (Lipinski definition) is 4. The number of fused-ring (bicyclic) bond motifs is 3. The Kier molecular flexibility index (Phi) is 4.44. The van der Waals surface area contributed by atoms with Crippen LogP contribution >= 0.6 is 11.3 Å². The average molecular weight is 354 g/mol. The highest BCUT2D eigenvalue weighted by Gasteiger charge is 2.24. The maximum absolute atomic E-state index is 13.3. The van der Waals surface area contributed by atoms with Crippen molar-refractivity contribution in [3.63, 3.8) is 0 Å². The number of aryl methyl sites for hydroxylation is 1. The minimum atomic E-state index is 0.0768. The molecule has 1 atom stereocenters. The quantitative estimate of drug-likeness (QED) is 0.714. The molecule has 0 aliphatic heterocycles. The third kappa shape index (κ3) is 2.92. The second-order valence-electron chi connectivity index (χ2n) is 6.78. The lowest BCUT2D eigenvalue weighted by Gasteiger charge is -2.18. The van der Waals surface area contributed by atoms with E-state index >= 15 is 0 Å². The highest BCUT2D eigenvalue weighted by Crippen LogP contribution is 2.36. The van der Waals surface area contributed by atoms with Gasteiger partial charge in [0.2, 0.25) is 0 Å². The van der Waals surface area contributed by atoms with Crippen molar-refractivity contribution in [1.29, 1.82) is 0 Å². The lowest BCUT2D eigenvalue weighted by molar-refractivity contribution is 0.186. The largest absolute Gasteiger partial charge is 0.383 e. The molecular weight excluding hydrogens is 332 g/mol. The second-order valence-corrected chi connectivity index (χ2v) is 7.87. The molecule has 130 valence electrons. The highest BCUT2D eigenvalue weighted by molar-refractivity contribution is 7.18. The maximum Gasteiger partial charge on any atom is 0.262 e. The molecule has 4 rings (SSSR count). The zero-order valence-electron chi connectivity index (χ0n) is 14.6. The molecule has 1 aliphatic carbocycles. The van der Waals surface area contributed by atoms with Gasteiger partial charge in [0.15, 0.2) is 0 Å². The van der Waals surface area contributed by atoms with Crippen LogP contribution in [0.4, 0.5) is 0 Å². The Morgan fingerprint density at radius 3 is 2.88 bits per heavy atom. The summed E-state index contributed by atoms with van der Waals surface area (Å²) < 4.78 is 7.01. The molecule has 0 saturated heterocycles. The van der Waals surface area contributed by atoms with Crippen LogP contribution in [0.15, 0.2) is 35.1 Å². The number of nitrogens with zero attached hydrogens (tertiary/aromatic N) is 2. The summed E-state index contributed by atoms with van der Waals surface area (Å²) in [5, 5.41) is 0.836. The molecule has 2 aromatic heterocycles. The molecule has 0 radical (unpaired) electrons. The SMILES string of the molecule is COCCn1c(-c2ccccc2)nc2sc3c(c2c1=O)CCC(C)C3. The zero-order valence-corrected chi connectivity index (χ0v) is 15.4. The van der Waals surface area contributed by atoms with Crippen LogP contribution in [0.3, 0.4) is 0 Å². The Labute approximate surface area is 151 Å². The van der Waals surface area contributed by atoms with Crippen molar-refractivity contribution >= 4 is 21.6 Å². The summed E-state index contributed by atoms with van der Waals surface area (Å²) in [5.41, 5.74) is 2.28. The van der Waals surface area contributed by atoms with Crippen LogP contribution in [0.25, 0.3) is 21.6 Å². The fourth-order valence-corrected chi connectivity index (χ4v) is 4.99. The fraction of sp³-hybridized carbons (Fsp3) is 0.400. The maximum atomic E-state index is 13.3. The van der Waals surface area contributed by atoms with Crippen LogP contribution in [0.2, 0.25) is 0 Å². The van der Waals surface area contributed by atoms with Gasteiger partial charge in [-0.1, -0.05) is 37.3 Å².